The van der Waals surface area contributed by atoms with Crippen LogP contribution in [-0.2, 0) is 0 Å². The molecule has 6 heavy (non-hydrogen) atoms. The van der Waals surface area contributed by atoms with Crippen molar-refractivity contribution in [3.8, 4) is 0 Å². The Labute approximate surface area is 48.6 Å². The van der Waals surface area contributed by atoms with Crippen LogP contribution in [0.15, 0.2) is 11.1 Å². The quantitative estimate of drug-likeness (QED) is 0.506. The minimum absolute atomic E-state index is 0.731. The molecule has 0 aromatic carbocycles. The van der Waals surface area contributed by atoms with Crippen LogP contribution in [0.1, 0.15) is 6.92 Å². The highest BCUT2D eigenvalue weighted by molar-refractivity contribution is 7.80. The van der Waals surface area contributed by atoms with E-state index in [1.165, 1.54) is 0 Å². The molecule has 0 aliphatic heterocycles. The van der Waals surface area contributed by atoms with Gasteiger partial charge in [0, 0.05) is 10.8 Å². The monoisotopic (exact) mass is 122 g/mol. The van der Waals surface area contributed by atoms with Gasteiger partial charge in [-0.2, -0.15) is 12.6 Å². The third kappa shape index (κ3) is 4.38. The molecule has 0 saturated heterocycles. The first kappa shape index (κ1) is 6.38. The van der Waals surface area contributed by atoms with E-state index in [1.807, 2.05) is 13.0 Å². The first-order chi connectivity index (χ1) is 2.77. The number of rotatable bonds is 1. The van der Waals surface area contributed by atoms with Crippen molar-refractivity contribution < 1.29 is 0 Å². The lowest BCUT2D eigenvalue weighted by molar-refractivity contribution is 1.60. The third-order valence-corrected chi connectivity index (χ3v) is 0.709. The van der Waals surface area contributed by atoms with Gasteiger partial charge in [0.25, 0.3) is 0 Å². The Morgan fingerprint density at radius 1 is 2.00 bits per heavy atom. The van der Waals surface area contributed by atoms with Crippen molar-refractivity contribution in [2.45, 2.75) is 6.92 Å². The summed E-state index contributed by atoms with van der Waals surface area (Å²) in [6, 6.07) is 0. The van der Waals surface area contributed by atoms with Crippen LogP contribution in [0.3, 0.4) is 0 Å². The van der Waals surface area contributed by atoms with E-state index in [4.69, 9.17) is 11.6 Å². The molecule has 0 aliphatic carbocycles. The van der Waals surface area contributed by atoms with E-state index in [-0.39, 0.29) is 0 Å². The van der Waals surface area contributed by atoms with E-state index >= 15 is 0 Å². The van der Waals surface area contributed by atoms with Gasteiger partial charge in [-0.05, 0) is 6.92 Å². The second-order valence-electron chi connectivity index (χ2n) is 0.973. The molecule has 0 heterocycles. The van der Waals surface area contributed by atoms with E-state index in [2.05, 4.69) is 12.6 Å². The summed E-state index contributed by atoms with van der Waals surface area (Å²) in [5.74, 6) is 0.731. The van der Waals surface area contributed by atoms with Gasteiger partial charge >= 0.3 is 0 Å². The van der Waals surface area contributed by atoms with Crippen LogP contribution < -0.4 is 0 Å². The third-order valence-electron chi connectivity index (χ3n) is 0.373. The van der Waals surface area contributed by atoms with Crippen molar-refractivity contribution in [1.29, 1.82) is 0 Å². The number of halogens is 1. The highest BCUT2D eigenvalue weighted by atomic mass is 35.5. The molecule has 0 unspecified atom stereocenters. The maximum Gasteiger partial charge on any atom is 0.0118 e. The van der Waals surface area contributed by atoms with Gasteiger partial charge in [-0.1, -0.05) is 17.7 Å². The zero-order chi connectivity index (χ0) is 4.99. The maximum atomic E-state index is 5.39. The molecular formula is C4H7ClS. The number of allylic oxidation sites excluding steroid dienone is 1. The molecular weight excluding hydrogens is 116 g/mol. The zero-order valence-electron chi connectivity index (χ0n) is 3.61. The highest BCUT2D eigenvalue weighted by Gasteiger charge is 1.70. The predicted octanol–water partition coefficient (Wildman–Crippen LogP) is 2.06. The summed E-state index contributed by atoms with van der Waals surface area (Å²) < 4.78 is 0. The van der Waals surface area contributed by atoms with Crippen molar-refractivity contribution >= 4 is 24.2 Å². The Balaban J connectivity index is 3.14. The number of hydrogen-bond acceptors (Lipinski definition) is 1. The molecule has 0 aliphatic rings. The first-order valence-electron chi connectivity index (χ1n) is 1.70. The van der Waals surface area contributed by atoms with Crippen molar-refractivity contribution in [3.63, 3.8) is 0 Å². The standard InChI is InChI=1S/C4H7ClS/c1-4(5)2-3-6/h2,6H,3H2,1H3. The van der Waals surface area contributed by atoms with Gasteiger partial charge in [0.15, 0.2) is 0 Å². The summed E-state index contributed by atoms with van der Waals surface area (Å²) in [5, 5.41) is 0.810. The minimum Gasteiger partial charge on any atom is -0.175 e. The molecule has 36 valence electrons. The van der Waals surface area contributed by atoms with Gasteiger partial charge in [0.05, 0.1) is 0 Å². The topological polar surface area (TPSA) is 0 Å². The number of hydrogen-bond donors (Lipinski definition) is 1. The molecule has 0 N–H and O–H groups in total. The Bertz CT molecular complexity index is 54.6. The molecule has 0 atom stereocenters. The molecule has 0 amide bonds. The summed E-state index contributed by atoms with van der Waals surface area (Å²) in [4.78, 5) is 0. The molecule has 0 rings (SSSR count). The van der Waals surface area contributed by atoms with Gasteiger partial charge in [0.2, 0.25) is 0 Å². The van der Waals surface area contributed by atoms with Gasteiger partial charge in [0.1, 0.15) is 0 Å². The van der Waals surface area contributed by atoms with Gasteiger partial charge in [-0.3, -0.25) is 0 Å². The zero-order valence-corrected chi connectivity index (χ0v) is 5.26. The Morgan fingerprint density at radius 3 is 2.50 bits per heavy atom. The van der Waals surface area contributed by atoms with Crippen LogP contribution in [0.4, 0.5) is 0 Å². The summed E-state index contributed by atoms with van der Waals surface area (Å²) in [6.45, 7) is 1.83. The normalized spacial score (nSPS) is 12.2. The SMILES string of the molecule is CC(Cl)=CCS. The summed E-state index contributed by atoms with van der Waals surface area (Å²) in [6.07, 6.45) is 1.84. The molecule has 0 radical (unpaired) electrons. The summed E-state index contributed by atoms with van der Waals surface area (Å²) in [5.41, 5.74) is 0. The van der Waals surface area contributed by atoms with E-state index in [9.17, 15) is 0 Å². The molecule has 0 fully saturated rings. The number of thiol groups is 1. The van der Waals surface area contributed by atoms with Crippen LogP contribution in [-0.4, -0.2) is 5.75 Å². The predicted molar refractivity (Wildman–Crippen MR) is 33.5 cm³/mol. The average Bonchev–Trinajstić information content (AvgIpc) is 1.35. The van der Waals surface area contributed by atoms with Crippen LogP contribution in [0, 0.1) is 0 Å². The van der Waals surface area contributed by atoms with Crippen molar-refractivity contribution in [2.75, 3.05) is 5.75 Å². The van der Waals surface area contributed by atoms with E-state index in [1.54, 1.807) is 0 Å². The molecule has 0 aromatic rings. The lowest BCUT2D eigenvalue weighted by Crippen LogP contribution is -1.59. The van der Waals surface area contributed by atoms with Crippen LogP contribution >= 0.6 is 24.2 Å². The second kappa shape index (κ2) is 3.57. The lowest BCUT2D eigenvalue weighted by Gasteiger charge is -1.76. The second-order valence-corrected chi connectivity index (χ2v) is 1.93. The fraction of sp³-hybridized carbons (Fsp3) is 0.500. The molecule has 2 heteroatoms. The summed E-state index contributed by atoms with van der Waals surface area (Å²) in [7, 11) is 0. The molecule has 0 nitrogen and oxygen atoms in total. The summed E-state index contributed by atoms with van der Waals surface area (Å²) >= 11 is 9.29. The Kier molecular flexibility index (Phi) is 3.79. The molecule has 0 aromatic heterocycles. The fourth-order valence-electron chi connectivity index (χ4n) is 0.126. The minimum atomic E-state index is 0.731. The first-order valence-corrected chi connectivity index (χ1v) is 2.71. The van der Waals surface area contributed by atoms with Gasteiger partial charge in [-0.15, -0.1) is 0 Å². The molecule has 0 saturated carbocycles. The smallest absolute Gasteiger partial charge is 0.0118 e. The largest absolute Gasteiger partial charge is 0.175 e. The maximum absolute atomic E-state index is 5.39. The Hall–Kier alpha value is 0.380. The van der Waals surface area contributed by atoms with E-state index in [0.29, 0.717) is 0 Å². The molecule has 0 spiro atoms. The van der Waals surface area contributed by atoms with Crippen LogP contribution in [0.2, 0.25) is 0 Å². The highest BCUT2D eigenvalue weighted by Crippen LogP contribution is 1.96. The molecule has 0 bridgehead atoms. The van der Waals surface area contributed by atoms with E-state index < -0.39 is 0 Å². The van der Waals surface area contributed by atoms with Crippen molar-refractivity contribution in [2.24, 2.45) is 0 Å². The average molecular weight is 123 g/mol. The Morgan fingerprint density at radius 2 is 2.50 bits per heavy atom. The van der Waals surface area contributed by atoms with E-state index in [0.717, 1.165) is 10.8 Å². The van der Waals surface area contributed by atoms with Crippen molar-refractivity contribution in [3.05, 3.63) is 11.1 Å². The van der Waals surface area contributed by atoms with Crippen molar-refractivity contribution in [1.82, 2.24) is 0 Å². The van der Waals surface area contributed by atoms with Crippen LogP contribution in [0.5, 0.6) is 0 Å². The van der Waals surface area contributed by atoms with Gasteiger partial charge < -0.3 is 0 Å². The van der Waals surface area contributed by atoms with Gasteiger partial charge in [-0.25, -0.2) is 0 Å². The van der Waals surface area contributed by atoms with Crippen LogP contribution in [0.25, 0.3) is 0 Å². The fourth-order valence-corrected chi connectivity index (χ4v) is 0.584. The lowest BCUT2D eigenvalue weighted by atomic mass is 10.6.